The minimum atomic E-state index is -2.94. The van der Waals surface area contributed by atoms with E-state index in [0.29, 0.717) is 6.92 Å². The van der Waals surface area contributed by atoms with Crippen molar-refractivity contribution in [1.29, 1.82) is 0 Å². The lowest BCUT2D eigenvalue weighted by Crippen LogP contribution is -2.43. The van der Waals surface area contributed by atoms with E-state index in [4.69, 9.17) is 5.11 Å². The molecule has 0 aromatic heterocycles. The molecule has 4 nitrogen and oxygen atoms in total. The number of nitrogens with two attached hydrogens (primary N) is 1. The first-order valence-electron chi connectivity index (χ1n) is 2.11. The second kappa shape index (κ2) is 2.00. The second-order valence-corrected chi connectivity index (χ2v) is 1.67. The number of halogens is 1. The van der Waals surface area contributed by atoms with Crippen molar-refractivity contribution in [1.82, 2.24) is 0 Å². The minimum Gasteiger partial charge on any atom is -0.478 e. The summed E-state index contributed by atoms with van der Waals surface area (Å²) in [7, 11) is 0. The average Bonchev–Trinajstić information content (AvgIpc) is 1.65. The average molecular weight is 135 g/mol. The van der Waals surface area contributed by atoms with E-state index in [1.54, 1.807) is 0 Å². The fraction of sp³-hybridized carbons (Fsp3) is 0.500. The third-order valence-corrected chi connectivity index (χ3v) is 0.864. The van der Waals surface area contributed by atoms with E-state index >= 15 is 0 Å². The Bertz CT molecular complexity index is 138. The maximum Gasteiger partial charge on any atom is 0.351 e. The molecular formula is C4H6FNO3. The van der Waals surface area contributed by atoms with Gasteiger partial charge >= 0.3 is 5.97 Å². The van der Waals surface area contributed by atoms with Gasteiger partial charge in [-0.25, -0.2) is 9.18 Å². The predicted molar refractivity (Wildman–Crippen MR) is 26.3 cm³/mol. The lowest BCUT2D eigenvalue weighted by molar-refractivity contribution is -0.155. The summed E-state index contributed by atoms with van der Waals surface area (Å²) in [4.78, 5) is 19.7. The van der Waals surface area contributed by atoms with Crippen molar-refractivity contribution in [3.63, 3.8) is 0 Å². The summed E-state index contributed by atoms with van der Waals surface area (Å²) < 4.78 is 12.3. The fourth-order valence-electron chi connectivity index (χ4n) is 0.105. The van der Waals surface area contributed by atoms with Gasteiger partial charge in [-0.05, 0) is 6.92 Å². The molecule has 52 valence electrons. The molecule has 1 atom stereocenters. The van der Waals surface area contributed by atoms with Gasteiger partial charge in [0.15, 0.2) is 0 Å². The molecule has 0 fully saturated rings. The molecule has 0 saturated heterocycles. The Hall–Kier alpha value is -1.13. The number of alkyl halides is 1. The maximum absolute atomic E-state index is 12.3. The number of hydrogen-bond acceptors (Lipinski definition) is 2. The molecule has 5 heteroatoms. The van der Waals surface area contributed by atoms with Crippen LogP contribution in [0.3, 0.4) is 0 Å². The zero-order chi connectivity index (χ0) is 7.65. The largest absolute Gasteiger partial charge is 0.478 e. The number of hydrogen-bond donors (Lipinski definition) is 2. The number of carboxylic acids is 1. The summed E-state index contributed by atoms with van der Waals surface area (Å²) in [6.07, 6.45) is 0. The first-order chi connectivity index (χ1) is 3.89. The summed E-state index contributed by atoms with van der Waals surface area (Å²) >= 11 is 0. The van der Waals surface area contributed by atoms with Crippen LogP contribution in [-0.2, 0) is 9.59 Å². The number of carbonyl (C=O) groups excluding carboxylic acids is 1. The van der Waals surface area contributed by atoms with Crippen molar-refractivity contribution < 1.29 is 19.1 Å². The number of aliphatic carboxylic acids is 1. The van der Waals surface area contributed by atoms with Crippen molar-refractivity contribution in [3.8, 4) is 0 Å². The highest BCUT2D eigenvalue weighted by molar-refractivity contribution is 6.03. The molecule has 0 spiro atoms. The molecule has 0 heterocycles. The van der Waals surface area contributed by atoms with Crippen LogP contribution in [0.1, 0.15) is 6.92 Å². The number of rotatable bonds is 2. The Labute approximate surface area is 50.5 Å². The van der Waals surface area contributed by atoms with E-state index in [0.717, 1.165) is 0 Å². The number of amides is 1. The smallest absolute Gasteiger partial charge is 0.351 e. The van der Waals surface area contributed by atoms with Gasteiger partial charge in [0.05, 0.1) is 0 Å². The van der Waals surface area contributed by atoms with E-state index in [-0.39, 0.29) is 0 Å². The molecule has 1 amide bonds. The molecule has 0 saturated carbocycles. The Morgan fingerprint density at radius 2 is 2.00 bits per heavy atom. The van der Waals surface area contributed by atoms with E-state index in [1.165, 1.54) is 0 Å². The van der Waals surface area contributed by atoms with Gasteiger partial charge in [-0.2, -0.15) is 0 Å². The summed E-state index contributed by atoms with van der Waals surface area (Å²) in [5.74, 6) is -3.36. The number of carbonyl (C=O) groups is 2. The Balaban J connectivity index is 4.38. The molecule has 0 aliphatic heterocycles. The van der Waals surface area contributed by atoms with Crippen LogP contribution in [-0.4, -0.2) is 22.7 Å². The predicted octanol–water partition coefficient (Wildman–Crippen LogP) is -0.716. The molecule has 0 radical (unpaired) electrons. The molecule has 0 aromatic rings. The third-order valence-electron chi connectivity index (χ3n) is 0.864. The van der Waals surface area contributed by atoms with Gasteiger partial charge in [0.2, 0.25) is 0 Å². The topological polar surface area (TPSA) is 80.4 Å². The molecule has 0 bridgehead atoms. The Kier molecular flexibility index (Phi) is 1.75. The van der Waals surface area contributed by atoms with Crippen molar-refractivity contribution in [2.45, 2.75) is 12.6 Å². The van der Waals surface area contributed by atoms with E-state index in [9.17, 15) is 14.0 Å². The minimum absolute atomic E-state index is 0.595. The van der Waals surface area contributed by atoms with Gasteiger partial charge in [0.1, 0.15) is 0 Å². The fourth-order valence-corrected chi connectivity index (χ4v) is 0.105. The van der Waals surface area contributed by atoms with Crippen molar-refractivity contribution in [3.05, 3.63) is 0 Å². The van der Waals surface area contributed by atoms with Crippen LogP contribution < -0.4 is 5.73 Å². The van der Waals surface area contributed by atoms with Crippen LogP contribution in [0.15, 0.2) is 0 Å². The molecule has 9 heavy (non-hydrogen) atoms. The van der Waals surface area contributed by atoms with E-state index < -0.39 is 17.5 Å². The van der Waals surface area contributed by atoms with E-state index in [1.807, 2.05) is 0 Å². The van der Waals surface area contributed by atoms with Crippen LogP contribution in [0, 0.1) is 0 Å². The first-order valence-corrected chi connectivity index (χ1v) is 2.11. The summed E-state index contributed by atoms with van der Waals surface area (Å²) in [5, 5.41) is 7.94. The summed E-state index contributed by atoms with van der Waals surface area (Å²) in [5.41, 5.74) is 1.43. The van der Waals surface area contributed by atoms with Crippen molar-refractivity contribution in [2.24, 2.45) is 5.73 Å². The van der Waals surface area contributed by atoms with Crippen LogP contribution in [0.5, 0.6) is 0 Å². The van der Waals surface area contributed by atoms with Crippen molar-refractivity contribution >= 4 is 11.9 Å². The van der Waals surface area contributed by atoms with Crippen LogP contribution in [0.2, 0.25) is 0 Å². The molecule has 0 aliphatic rings. The normalized spacial score (nSPS) is 16.2. The number of carboxylic acid groups (broad SMARTS) is 1. The van der Waals surface area contributed by atoms with Crippen molar-refractivity contribution in [2.75, 3.05) is 0 Å². The highest BCUT2D eigenvalue weighted by atomic mass is 19.1. The van der Waals surface area contributed by atoms with Crippen LogP contribution in [0.25, 0.3) is 0 Å². The highest BCUT2D eigenvalue weighted by Crippen LogP contribution is 2.07. The second-order valence-electron chi connectivity index (χ2n) is 1.67. The monoisotopic (exact) mass is 135 g/mol. The van der Waals surface area contributed by atoms with Gasteiger partial charge in [-0.15, -0.1) is 0 Å². The van der Waals surface area contributed by atoms with Gasteiger partial charge in [-0.3, -0.25) is 4.79 Å². The SMILES string of the molecule is C[C@](F)(C(N)=O)C(=O)O. The molecule has 0 unspecified atom stereocenters. The Morgan fingerprint density at radius 3 is 2.00 bits per heavy atom. The quantitative estimate of drug-likeness (QED) is 0.490. The highest BCUT2D eigenvalue weighted by Gasteiger charge is 2.39. The molecule has 3 N–H and O–H groups in total. The van der Waals surface area contributed by atoms with Gasteiger partial charge in [0, 0.05) is 0 Å². The lowest BCUT2D eigenvalue weighted by atomic mass is 10.1. The zero-order valence-corrected chi connectivity index (χ0v) is 4.72. The van der Waals surface area contributed by atoms with Gasteiger partial charge < -0.3 is 10.8 Å². The van der Waals surface area contributed by atoms with Crippen LogP contribution in [0.4, 0.5) is 4.39 Å². The third kappa shape index (κ3) is 1.38. The number of primary amides is 1. The summed E-state index contributed by atoms with van der Waals surface area (Å²) in [6, 6.07) is 0. The molecular weight excluding hydrogens is 129 g/mol. The standard InChI is InChI=1S/C4H6FNO3/c1-4(5,2(6)7)3(8)9/h1H3,(H2,6,7)(H,8,9)/t4-/m0/s1. The maximum atomic E-state index is 12.3. The molecule has 0 aromatic carbocycles. The molecule has 0 aliphatic carbocycles. The lowest BCUT2D eigenvalue weighted by Gasteiger charge is -2.07. The molecule has 0 rings (SSSR count). The van der Waals surface area contributed by atoms with Gasteiger partial charge in [0.25, 0.3) is 11.6 Å². The zero-order valence-electron chi connectivity index (χ0n) is 4.72. The Morgan fingerprint density at radius 1 is 1.67 bits per heavy atom. The summed E-state index contributed by atoms with van der Waals surface area (Å²) in [6.45, 7) is 0.595. The first kappa shape index (κ1) is 7.87. The van der Waals surface area contributed by atoms with Crippen LogP contribution >= 0.6 is 0 Å². The van der Waals surface area contributed by atoms with E-state index in [2.05, 4.69) is 5.73 Å². The van der Waals surface area contributed by atoms with Gasteiger partial charge in [-0.1, -0.05) is 0 Å².